The molecule has 0 saturated heterocycles. The van der Waals surface area contributed by atoms with Crippen LogP contribution in [0.5, 0.6) is 0 Å². The van der Waals surface area contributed by atoms with Gasteiger partial charge in [0.1, 0.15) is 6.04 Å². The lowest BCUT2D eigenvalue weighted by Crippen LogP contribution is -2.36. The summed E-state index contributed by atoms with van der Waals surface area (Å²) in [6.45, 7) is 8.23. The van der Waals surface area contributed by atoms with Crippen LogP contribution in [-0.4, -0.2) is 24.7 Å². The van der Waals surface area contributed by atoms with Gasteiger partial charge in [0.15, 0.2) is 0 Å². The van der Waals surface area contributed by atoms with E-state index in [1.807, 2.05) is 20.8 Å². The zero-order chi connectivity index (χ0) is 8.85. The number of esters is 1. The zero-order valence-electron chi connectivity index (χ0n) is 7.68. The molecule has 0 fully saturated rings. The Hall–Kier alpha value is -0.570. The molecule has 0 aromatic heterocycles. The SMILES string of the molecule is CCNC(C)C(=O)OC(C)C. The van der Waals surface area contributed by atoms with Gasteiger partial charge in [-0.2, -0.15) is 0 Å². The molecule has 1 unspecified atom stereocenters. The van der Waals surface area contributed by atoms with Crippen molar-refractivity contribution in [1.29, 1.82) is 0 Å². The smallest absolute Gasteiger partial charge is 0.323 e. The van der Waals surface area contributed by atoms with E-state index in [-0.39, 0.29) is 18.1 Å². The Kier molecular flexibility index (Phi) is 4.86. The van der Waals surface area contributed by atoms with Crippen molar-refractivity contribution in [3.8, 4) is 0 Å². The molecule has 0 heterocycles. The number of ether oxygens (including phenoxy) is 1. The molecule has 3 heteroatoms. The summed E-state index contributed by atoms with van der Waals surface area (Å²) in [6, 6.07) is -0.192. The van der Waals surface area contributed by atoms with Gasteiger partial charge in [-0.15, -0.1) is 0 Å². The van der Waals surface area contributed by atoms with E-state index in [9.17, 15) is 4.79 Å². The fraction of sp³-hybridized carbons (Fsp3) is 0.875. The van der Waals surface area contributed by atoms with Gasteiger partial charge in [-0.05, 0) is 27.3 Å². The van der Waals surface area contributed by atoms with Crippen molar-refractivity contribution in [3.63, 3.8) is 0 Å². The molecule has 0 saturated carbocycles. The molecule has 0 aliphatic rings. The van der Waals surface area contributed by atoms with E-state index >= 15 is 0 Å². The number of hydrogen-bond acceptors (Lipinski definition) is 3. The van der Waals surface area contributed by atoms with Gasteiger partial charge in [-0.3, -0.25) is 4.79 Å². The second-order valence-electron chi connectivity index (χ2n) is 2.77. The van der Waals surface area contributed by atoms with Gasteiger partial charge in [-0.1, -0.05) is 6.92 Å². The van der Waals surface area contributed by atoms with E-state index in [0.29, 0.717) is 0 Å². The predicted octanol–water partition coefficient (Wildman–Crippen LogP) is 0.936. The number of hydrogen-bond donors (Lipinski definition) is 1. The number of carbonyl (C=O) groups is 1. The lowest BCUT2D eigenvalue weighted by molar-refractivity contribution is -0.149. The van der Waals surface area contributed by atoms with E-state index in [1.165, 1.54) is 0 Å². The van der Waals surface area contributed by atoms with Crippen LogP contribution in [0.25, 0.3) is 0 Å². The van der Waals surface area contributed by atoms with Crippen molar-refractivity contribution in [3.05, 3.63) is 0 Å². The van der Waals surface area contributed by atoms with Crippen LogP contribution < -0.4 is 5.32 Å². The molecule has 0 aromatic rings. The summed E-state index contributed by atoms with van der Waals surface area (Å²) in [5.74, 6) is -0.179. The molecule has 66 valence electrons. The lowest BCUT2D eigenvalue weighted by Gasteiger charge is -2.13. The third kappa shape index (κ3) is 4.79. The summed E-state index contributed by atoms with van der Waals surface area (Å²) >= 11 is 0. The second-order valence-corrected chi connectivity index (χ2v) is 2.77. The first-order valence-electron chi connectivity index (χ1n) is 4.01. The van der Waals surface area contributed by atoms with Crippen molar-refractivity contribution in [1.82, 2.24) is 5.32 Å². The van der Waals surface area contributed by atoms with Crippen LogP contribution in [0.15, 0.2) is 0 Å². The lowest BCUT2D eigenvalue weighted by atomic mass is 10.3. The number of likely N-dealkylation sites (N-methyl/N-ethyl adjacent to an activating group) is 1. The van der Waals surface area contributed by atoms with Gasteiger partial charge in [0.05, 0.1) is 6.10 Å². The van der Waals surface area contributed by atoms with Crippen LogP contribution in [0.2, 0.25) is 0 Å². The molecule has 0 spiro atoms. The summed E-state index contributed by atoms with van der Waals surface area (Å²) in [5, 5.41) is 2.98. The van der Waals surface area contributed by atoms with Crippen molar-refractivity contribution in [2.24, 2.45) is 0 Å². The molecule has 0 rings (SSSR count). The van der Waals surface area contributed by atoms with Gasteiger partial charge >= 0.3 is 5.97 Å². The minimum absolute atomic E-state index is 0.0244. The maximum atomic E-state index is 11.1. The molecule has 1 N–H and O–H groups in total. The second kappa shape index (κ2) is 5.13. The minimum atomic E-state index is -0.192. The average Bonchev–Trinajstić information content (AvgIpc) is 1.86. The van der Waals surface area contributed by atoms with E-state index in [2.05, 4.69) is 5.32 Å². The zero-order valence-corrected chi connectivity index (χ0v) is 7.68. The summed E-state index contributed by atoms with van der Waals surface area (Å²) in [7, 11) is 0. The largest absolute Gasteiger partial charge is 0.462 e. The maximum absolute atomic E-state index is 11.1. The van der Waals surface area contributed by atoms with Crippen LogP contribution in [-0.2, 0) is 9.53 Å². The molecular formula is C8H17NO2. The molecule has 0 bridgehead atoms. The van der Waals surface area contributed by atoms with Gasteiger partial charge < -0.3 is 10.1 Å². The van der Waals surface area contributed by atoms with Crippen LogP contribution in [0.3, 0.4) is 0 Å². The fourth-order valence-corrected chi connectivity index (χ4v) is 0.724. The maximum Gasteiger partial charge on any atom is 0.323 e. The Morgan fingerprint density at radius 1 is 1.45 bits per heavy atom. The van der Waals surface area contributed by atoms with Gasteiger partial charge in [-0.25, -0.2) is 0 Å². The highest BCUT2D eigenvalue weighted by Crippen LogP contribution is 1.93. The molecule has 0 amide bonds. The predicted molar refractivity (Wildman–Crippen MR) is 44.4 cm³/mol. The van der Waals surface area contributed by atoms with Crippen LogP contribution in [0, 0.1) is 0 Å². The number of nitrogens with one attached hydrogen (secondary N) is 1. The van der Waals surface area contributed by atoms with E-state index in [4.69, 9.17) is 4.74 Å². The van der Waals surface area contributed by atoms with Crippen LogP contribution >= 0.6 is 0 Å². The Labute approximate surface area is 68.1 Å². The van der Waals surface area contributed by atoms with Gasteiger partial charge in [0.2, 0.25) is 0 Å². The number of carbonyl (C=O) groups excluding carboxylic acids is 1. The fourth-order valence-electron chi connectivity index (χ4n) is 0.724. The van der Waals surface area contributed by atoms with E-state index < -0.39 is 0 Å². The first-order chi connectivity index (χ1) is 5.07. The Bertz CT molecular complexity index is 123. The van der Waals surface area contributed by atoms with Crippen molar-refractivity contribution >= 4 is 5.97 Å². The van der Waals surface area contributed by atoms with Gasteiger partial charge in [0.25, 0.3) is 0 Å². The molecule has 0 aliphatic heterocycles. The standard InChI is InChI=1S/C8H17NO2/c1-5-9-7(4)8(10)11-6(2)3/h6-7,9H,5H2,1-4H3. The molecular weight excluding hydrogens is 142 g/mol. The number of rotatable bonds is 4. The topological polar surface area (TPSA) is 38.3 Å². The average molecular weight is 159 g/mol. The van der Waals surface area contributed by atoms with Crippen LogP contribution in [0.1, 0.15) is 27.7 Å². The summed E-state index contributed by atoms with van der Waals surface area (Å²) in [4.78, 5) is 11.1. The van der Waals surface area contributed by atoms with Gasteiger partial charge in [0, 0.05) is 0 Å². The van der Waals surface area contributed by atoms with Crippen molar-refractivity contribution in [2.45, 2.75) is 39.8 Å². The van der Waals surface area contributed by atoms with E-state index in [0.717, 1.165) is 6.54 Å². The molecule has 1 atom stereocenters. The first kappa shape index (κ1) is 10.4. The molecule has 3 nitrogen and oxygen atoms in total. The van der Waals surface area contributed by atoms with Crippen molar-refractivity contribution < 1.29 is 9.53 Å². The monoisotopic (exact) mass is 159 g/mol. The van der Waals surface area contributed by atoms with E-state index in [1.54, 1.807) is 6.92 Å². The summed E-state index contributed by atoms with van der Waals surface area (Å²) < 4.78 is 4.96. The first-order valence-corrected chi connectivity index (χ1v) is 4.01. The summed E-state index contributed by atoms with van der Waals surface area (Å²) in [5.41, 5.74) is 0. The highest BCUT2D eigenvalue weighted by Gasteiger charge is 2.13. The quantitative estimate of drug-likeness (QED) is 0.620. The Balaban J connectivity index is 3.64. The third-order valence-corrected chi connectivity index (χ3v) is 1.22. The van der Waals surface area contributed by atoms with Crippen LogP contribution in [0.4, 0.5) is 0 Å². The molecule has 0 aromatic carbocycles. The Morgan fingerprint density at radius 3 is 2.36 bits per heavy atom. The highest BCUT2D eigenvalue weighted by molar-refractivity contribution is 5.75. The molecule has 11 heavy (non-hydrogen) atoms. The summed E-state index contributed by atoms with van der Waals surface area (Å²) in [6.07, 6.45) is -0.0244. The normalized spacial score (nSPS) is 13.2. The Morgan fingerprint density at radius 2 is 2.00 bits per heavy atom. The molecule has 0 radical (unpaired) electrons. The highest BCUT2D eigenvalue weighted by atomic mass is 16.5. The minimum Gasteiger partial charge on any atom is -0.462 e. The third-order valence-electron chi connectivity index (χ3n) is 1.22. The molecule has 0 aliphatic carbocycles. The van der Waals surface area contributed by atoms with Crippen molar-refractivity contribution in [2.75, 3.05) is 6.54 Å².